The number of halogens is 1. The summed E-state index contributed by atoms with van der Waals surface area (Å²) in [5.41, 5.74) is 0.565. The van der Waals surface area contributed by atoms with Crippen molar-refractivity contribution < 1.29 is 34.7 Å². The summed E-state index contributed by atoms with van der Waals surface area (Å²) in [7, 11) is 0. The molecular formula is C12H13FN2O6. The number of hydrogen-bond acceptors (Lipinski definition) is 6. The maximum Gasteiger partial charge on any atom is 0.335 e. The number of fused-ring (bicyclic) bond motifs is 1. The van der Waals surface area contributed by atoms with Crippen LogP contribution in [0.2, 0.25) is 0 Å². The Morgan fingerprint density at radius 1 is 1.19 bits per heavy atom. The number of carboxylic acids is 1. The van der Waals surface area contributed by atoms with Gasteiger partial charge in [-0.05, 0) is 18.2 Å². The summed E-state index contributed by atoms with van der Waals surface area (Å²) < 4.78 is 13.0. The van der Waals surface area contributed by atoms with Crippen LogP contribution in [-0.4, -0.2) is 59.8 Å². The highest BCUT2D eigenvalue weighted by Gasteiger charge is 2.36. The number of aromatic amines is 1. The van der Waals surface area contributed by atoms with E-state index in [1.54, 1.807) is 0 Å². The van der Waals surface area contributed by atoms with Crippen LogP contribution in [0.3, 0.4) is 0 Å². The van der Waals surface area contributed by atoms with Crippen LogP contribution in [0.1, 0.15) is 11.9 Å². The third-order valence-corrected chi connectivity index (χ3v) is 2.99. The van der Waals surface area contributed by atoms with Crippen LogP contribution < -0.4 is 0 Å². The van der Waals surface area contributed by atoms with Gasteiger partial charge in [0.25, 0.3) is 0 Å². The third-order valence-electron chi connectivity index (χ3n) is 2.99. The molecule has 1 aromatic heterocycles. The number of aliphatic hydroxyl groups excluding tert-OH is 4. The second-order valence-electron chi connectivity index (χ2n) is 4.49. The molecule has 6 N–H and O–H groups in total. The van der Waals surface area contributed by atoms with Gasteiger partial charge in [0.05, 0.1) is 11.0 Å². The first-order valence-electron chi connectivity index (χ1n) is 5.91. The van der Waals surface area contributed by atoms with Gasteiger partial charge in [0, 0.05) is 0 Å². The van der Waals surface area contributed by atoms with E-state index >= 15 is 0 Å². The van der Waals surface area contributed by atoms with Gasteiger partial charge in [0.15, 0.2) is 6.10 Å². The summed E-state index contributed by atoms with van der Waals surface area (Å²) >= 11 is 0. The lowest BCUT2D eigenvalue weighted by molar-refractivity contribution is -0.163. The minimum absolute atomic E-state index is 0.195. The molecule has 114 valence electrons. The Hall–Kier alpha value is -2.07. The Morgan fingerprint density at radius 3 is 2.48 bits per heavy atom. The van der Waals surface area contributed by atoms with Crippen molar-refractivity contribution in [1.82, 2.24) is 9.97 Å². The Labute approximate surface area is 117 Å². The minimum atomic E-state index is -2.27. The van der Waals surface area contributed by atoms with Crippen molar-refractivity contribution in [2.45, 2.75) is 24.4 Å². The fourth-order valence-electron chi connectivity index (χ4n) is 1.82. The van der Waals surface area contributed by atoms with Gasteiger partial charge in [-0.25, -0.2) is 14.2 Å². The number of nitrogens with zero attached hydrogens (tertiary/aromatic N) is 1. The quantitative estimate of drug-likeness (QED) is 0.411. The zero-order valence-electron chi connectivity index (χ0n) is 10.5. The summed E-state index contributed by atoms with van der Waals surface area (Å²) in [6, 6.07) is 3.61. The van der Waals surface area contributed by atoms with Crippen molar-refractivity contribution in [2.75, 3.05) is 0 Å². The van der Waals surface area contributed by atoms with Crippen LogP contribution in [0.4, 0.5) is 4.39 Å². The van der Waals surface area contributed by atoms with Crippen molar-refractivity contribution in [3.8, 4) is 0 Å². The number of aromatic nitrogens is 2. The number of carboxylic acid groups (broad SMARTS) is 1. The average Bonchev–Trinajstić information content (AvgIpc) is 2.86. The normalized spacial score (nSPS) is 17.4. The number of nitrogens with one attached hydrogen (secondary N) is 1. The molecule has 2 rings (SSSR count). The minimum Gasteiger partial charge on any atom is -0.479 e. The van der Waals surface area contributed by atoms with E-state index < -0.39 is 36.2 Å². The van der Waals surface area contributed by atoms with Gasteiger partial charge < -0.3 is 30.5 Å². The molecule has 0 saturated heterocycles. The second-order valence-corrected chi connectivity index (χ2v) is 4.49. The SMILES string of the molecule is O=C(O)C(O)[C@@H](O)[C@H](O)C(O)c1nc2ccc(F)cc2[nH]1. The average molecular weight is 300 g/mol. The van der Waals surface area contributed by atoms with Crippen LogP contribution in [0.5, 0.6) is 0 Å². The monoisotopic (exact) mass is 300 g/mol. The van der Waals surface area contributed by atoms with E-state index in [4.69, 9.17) is 10.2 Å². The molecule has 0 amide bonds. The number of aliphatic carboxylic acids is 1. The van der Waals surface area contributed by atoms with Gasteiger partial charge in [-0.2, -0.15) is 0 Å². The predicted molar refractivity (Wildman–Crippen MR) is 66.7 cm³/mol. The molecule has 0 aliphatic heterocycles. The molecule has 0 spiro atoms. The lowest BCUT2D eigenvalue weighted by atomic mass is 10.0. The molecule has 9 heteroatoms. The first kappa shape index (κ1) is 15.3. The van der Waals surface area contributed by atoms with E-state index in [0.717, 1.165) is 12.1 Å². The van der Waals surface area contributed by atoms with E-state index in [1.807, 2.05) is 0 Å². The van der Waals surface area contributed by atoms with E-state index in [0.29, 0.717) is 5.52 Å². The van der Waals surface area contributed by atoms with Crippen LogP contribution in [-0.2, 0) is 4.79 Å². The summed E-state index contributed by atoms with van der Waals surface area (Å²) in [4.78, 5) is 16.9. The summed E-state index contributed by atoms with van der Waals surface area (Å²) in [6.07, 6.45) is -8.18. The smallest absolute Gasteiger partial charge is 0.335 e. The van der Waals surface area contributed by atoms with E-state index in [-0.39, 0.29) is 11.3 Å². The standard InChI is InChI=1S/C12H13FN2O6/c13-4-1-2-5-6(3-4)15-11(14-5)9(18)7(16)8(17)10(19)12(20)21/h1-3,7-10,16-19H,(H,14,15)(H,20,21)/t7-,8-,9?,10?/m0/s1. The Bertz CT molecular complexity index is 660. The molecule has 4 atom stereocenters. The molecule has 2 unspecified atom stereocenters. The molecular weight excluding hydrogens is 287 g/mol. The van der Waals surface area contributed by atoms with Gasteiger partial charge in [-0.15, -0.1) is 0 Å². The zero-order chi connectivity index (χ0) is 15.7. The molecule has 8 nitrogen and oxygen atoms in total. The van der Waals surface area contributed by atoms with Crippen molar-refractivity contribution in [3.63, 3.8) is 0 Å². The zero-order valence-corrected chi connectivity index (χ0v) is 10.5. The lowest BCUT2D eigenvalue weighted by Gasteiger charge is -2.23. The number of hydrogen-bond donors (Lipinski definition) is 6. The molecule has 0 aliphatic carbocycles. The number of benzene rings is 1. The number of imidazole rings is 1. The van der Waals surface area contributed by atoms with Gasteiger partial charge >= 0.3 is 5.97 Å². The highest BCUT2D eigenvalue weighted by atomic mass is 19.1. The molecule has 0 fully saturated rings. The Kier molecular flexibility index (Phi) is 4.19. The fourth-order valence-corrected chi connectivity index (χ4v) is 1.82. The van der Waals surface area contributed by atoms with Gasteiger partial charge in [0.1, 0.15) is 30.0 Å². The van der Waals surface area contributed by atoms with E-state index in [2.05, 4.69) is 9.97 Å². The first-order chi connectivity index (χ1) is 9.81. The van der Waals surface area contributed by atoms with Crippen LogP contribution in [0.25, 0.3) is 11.0 Å². The molecule has 0 radical (unpaired) electrons. The highest BCUT2D eigenvalue weighted by molar-refractivity contribution is 5.75. The molecule has 0 saturated carbocycles. The summed E-state index contributed by atoms with van der Waals surface area (Å²) in [6.45, 7) is 0. The molecule has 0 bridgehead atoms. The van der Waals surface area contributed by atoms with Crippen LogP contribution in [0.15, 0.2) is 18.2 Å². The molecule has 21 heavy (non-hydrogen) atoms. The molecule has 0 aliphatic rings. The van der Waals surface area contributed by atoms with Crippen molar-refractivity contribution in [3.05, 3.63) is 29.8 Å². The molecule has 1 aromatic carbocycles. The van der Waals surface area contributed by atoms with Crippen LogP contribution in [0, 0.1) is 5.82 Å². The van der Waals surface area contributed by atoms with Crippen molar-refractivity contribution >= 4 is 17.0 Å². The van der Waals surface area contributed by atoms with E-state index in [9.17, 15) is 24.5 Å². The van der Waals surface area contributed by atoms with Gasteiger partial charge in [-0.3, -0.25) is 0 Å². The predicted octanol–water partition coefficient (Wildman–Crippen LogP) is -1.10. The second kappa shape index (κ2) is 5.74. The Balaban J connectivity index is 2.24. The number of aliphatic hydroxyl groups is 4. The van der Waals surface area contributed by atoms with Crippen LogP contribution >= 0.6 is 0 Å². The largest absolute Gasteiger partial charge is 0.479 e. The first-order valence-corrected chi connectivity index (χ1v) is 5.91. The molecule has 1 heterocycles. The van der Waals surface area contributed by atoms with Gasteiger partial charge in [-0.1, -0.05) is 0 Å². The Morgan fingerprint density at radius 2 is 1.86 bits per heavy atom. The van der Waals surface area contributed by atoms with Crippen molar-refractivity contribution in [1.29, 1.82) is 0 Å². The topological polar surface area (TPSA) is 147 Å². The lowest BCUT2D eigenvalue weighted by Crippen LogP contribution is -2.45. The highest BCUT2D eigenvalue weighted by Crippen LogP contribution is 2.21. The fraction of sp³-hybridized carbons (Fsp3) is 0.333. The number of rotatable bonds is 5. The molecule has 2 aromatic rings. The number of carbonyl (C=O) groups is 1. The maximum absolute atomic E-state index is 13.0. The van der Waals surface area contributed by atoms with Crippen molar-refractivity contribution in [2.24, 2.45) is 0 Å². The summed E-state index contributed by atoms with van der Waals surface area (Å²) in [5, 5.41) is 46.7. The van der Waals surface area contributed by atoms with Gasteiger partial charge in [0.2, 0.25) is 0 Å². The summed E-state index contributed by atoms with van der Waals surface area (Å²) in [5.74, 6) is -2.48. The van der Waals surface area contributed by atoms with E-state index in [1.165, 1.54) is 6.07 Å². The maximum atomic E-state index is 13.0. The third kappa shape index (κ3) is 3.00. The number of H-pyrrole nitrogens is 1.